The third-order valence-corrected chi connectivity index (χ3v) is 32.7. The van der Waals surface area contributed by atoms with Crippen LogP contribution in [0.25, 0.3) is 0 Å². The van der Waals surface area contributed by atoms with Gasteiger partial charge in [-0.15, -0.1) is 0 Å². The average molecular weight is 1610 g/mol. The molecule has 0 aliphatic heterocycles. The van der Waals surface area contributed by atoms with E-state index in [0.29, 0.717) is 0 Å². The van der Waals surface area contributed by atoms with Gasteiger partial charge >= 0.3 is 0 Å². The van der Waals surface area contributed by atoms with Crippen LogP contribution < -0.4 is 0 Å². The largest absolute Gasteiger partial charge is 0.269 e. The summed E-state index contributed by atoms with van der Waals surface area (Å²) in [6, 6.07) is 43.6. The standard InChI is InChI=1S/5C20H29S.5FH/c5*1-2-15-3-5-16(6-4-15)17-7-9-18(10-8-17)19-11-13-20(21)14-12-19;;;;;/h5*11-18H,2-10H2,1H3;5*1H/t5*15-,16-,17?,18?;;;;;. The molecule has 10 aliphatic carbocycles. The molecule has 0 unspecified atom stereocenters. The Morgan fingerprint density at radius 1 is 0.164 bits per heavy atom. The molecular formula is C100H150F5S5. The summed E-state index contributed by atoms with van der Waals surface area (Å²) in [6.07, 6.45) is 65.7. The van der Waals surface area contributed by atoms with E-state index in [1.54, 1.807) is 0 Å². The molecule has 10 aliphatic rings. The van der Waals surface area contributed by atoms with Crippen molar-refractivity contribution in [1.29, 1.82) is 0 Å². The van der Waals surface area contributed by atoms with Gasteiger partial charge in [-0.3, -0.25) is 23.5 Å². The van der Waals surface area contributed by atoms with Crippen molar-refractivity contribution in [2.45, 2.75) is 378 Å². The van der Waals surface area contributed by atoms with E-state index >= 15 is 0 Å². The van der Waals surface area contributed by atoms with Crippen LogP contribution in [0.4, 0.5) is 23.5 Å². The average Bonchev–Trinajstić information content (AvgIpc) is 0.854. The Hall–Kier alpha value is -3.15. The topological polar surface area (TPSA) is 0 Å². The van der Waals surface area contributed by atoms with Crippen LogP contribution in [0, 0.1) is 88.8 Å². The second-order valence-electron chi connectivity index (χ2n) is 36.8. The van der Waals surface area contributed by atoms with Crippen LogP contribution in [0.1, 0.15) is 381 Å². The summed E-state index contributed by atoms with van der Waals surface area (Å²) in [7, 11) is 0. The zero-order valence-electron chi connectivity index (χ0n) is 69.0. The van der Waals surface area contributed by atoms with Crippen molar-refractivity contribution in [2.75, 3.05) is 0 Å². The highest BCUT2D eigenvalue weighted by atomic mass is 32.1. The highest BCUT2D eigenvalue weighted by Gasteiger charge is 2.37. The molecule has 10 saturated carbocycles. The summed E-state index contributed by atoms with van der Waals surface area (Å²) in [6.45, 7) is 11.8. The van der Waals surface area contributed by atoms with Gasteiger partial charge in [-0.2, -0.15) is 0 Å². The van der Waals surface area contributed by atoms with E-state index in [1.165, 1.54) is 317 Å². The molecule has 5 aromatic rings. The van der Waals surface area contributed by atoms with E-state index in [1.807, 2.05) is 0 Å². The maximum absolute atomic E-state index is 5.20. The Kier molecular flexibility index (Phi) is 43.9. The molecule has 0 nitrogen and oxygen atoms in total. The minimum absolute atomic E-state index is 0. The zero-order chi connectivity index (χ0) is 73.3. The minimum atomic E-state index is 0. The van der Waals surface area contributed by atoms with E-state index in [9.17, 15) is 0 Å². The number of benzene rings is 5. The van der Waals surface area contributed by atoms with Gasteiger partial charge in [0.15, 0.2) is 0 Å². The molecule has 615 valence electrons. The third kappa shape index (κ3) is 29.2. The third-order valence-electron chi connectivity index (χ3n) is 31.3. The highest BCUT2D eigenvalue weighted by molar-refractivity contribution is 7.81. The smallest absolute Gasteiger partial charge is 0.0377 e. The maximum atomic E-state index is 5.20. The van der Waals surface area contributed by atoms with Gasteiger partial charge in [0.05, 0.1) is 0 Å². The van der Waals surface area contributed by atoms with Gasteiger partial charge in [-0.1, -0.05) is 255 Å². The summed E-state index contributed by atoms with van der Waals surface area (Å²) in [5.41, 5.74) is 7.62. The number of halogens is 5. The van der Waals surface area contributed by atoms with Crippen molar-refractivity contribution in [1.82, 2.24) is 0 Å². The van der Waals surface area contributed by atoms with Gasteiger partial charge in [0.2, 0.25) is 0 Å². The number of hydrogen-bond donors (Lipinski definition) is 0. The SMILES string of the molecule is CC[C@H]1CC[C@H](C2CCC(c3ccc([S])cc3)CC2)CC1.CC[C@H]1CC[C@H](C2CCC(c3ccc([S])cc3)CC2)CC1.CC[C@H]1CC[C@H](C2CCC(c3ccc([S])cc3)CC2)CC1.CC[C@H]1CC[C@H](C2CCC(c3ccc([S])cc3)CC2)CC1.CC[C@H]1CC[C@H](C2CCC(c3ccc([S])cc3)CC2)CC1.F.F.F.F.F. The summed E-state index contributed by atoms with van der Waals surface area (Å²) in [5.74, 6) is 19.5. The second kappa shape index (κ2) is 50.5. The van der Waals surface area contributed by atoms with Gasteiger partial charge in [0.1, 0.15) is 0 Å². The quantitative estimate of drug-likeness (QED) is 0.0917. The summed E-state index contributed by atoms with van der Waals surface area (Å²) in [5, 5.41) is 0. The summed E-state index contributed by atoms with van der Waals surface area (Å²) in [4.78, 5) is 4.86. The summed E-state index contributed by atoms with van der Waals surface area (Å²) >= 11 is 26.0. The number of rotatable bonds is 15. The van der Waals surface area contributed by atoms with Gasteiger partial charge in [0.25, 0.3) is 0 Å². The lowest BCUT2D eigenvalue weighted by Gasteiger charge is -2.38. The molecule has 0 saturated heterocycles. The molecule has 0 heterocycles. The molecule has 0 atom stereocenters. The normalized spacial score (nSPS) is 32.2. The van der Waals surface area contributed by atoms with Crippen molar-refractivity contribution in [3.63, 3.8) is 0 Å². The fourth-order valence-corrected chi connectivity index (χ4v) is 24.3. The van der Waals surface area contributed by atoms with Gasteiger partial charge in [-0.05, 0) is 399 Å². The van der Waals surface area contributed by atoms with Gasteiger partial charge in [0, 0.05) is 24.5 Å². The minimum Gasteiger partial charge on any atom is -0.269 e. The lowest BCUT2D eigenvalue weighted by Crippen LogP contribution is -2.25. The molecule has 0 amide bonds. The molecule has 0 aromatic heterocycles. The first-order valence-corrected chi connectivity index (χ1v) is 47.2. The fraction of sp³-hybridized carbons (Fsp3) is 0.700. The molecular weight excluding hydrogens is 1460 g/mol. The lowest BCUT2D eigenvalue weighted by atomic mass is 9.68. The molecule has 0 N–H and O–H groups in total. The number of hydrogen-bond acceptors (Lipinski definition) is 0. The molecule has 10 heteroatoms. The Labute approximate surface area is 697 Å². The molecule has 15 rings (SSSR count). The summed E-state index contributed by atoms with van der Waals surface area (Å²) < 4.78 is 0. The monoisotopic (exact) mass is 1610 g/mol. The van der Waals surface area contributed by atoms with Crippen molar-refractivity contribution in [3.05, 3.63) is 149 Å². The second-order valence-corrected chi connectivity index (χ2v) is 39.2. The van der Waals surface area contributed by atoms with Gasteiger partial charge in [-0.25, -0.2) is 0 Å². The van der Waals surface area contributed by atoms with Crippen molar-refractivity contribution in [3.8, 4) is 0 Å². The molecule has 10 fully saturated rings. The van der Waals surface area contributed by atoms with Crippen LogP contribution in [-0.2, 0) is 0 Å². The molecule has 5 radical (unpaired) electrons. The van der Waals surface area contributed by atoms with Crippen LogP contribution in [0.5, 0.6) is 0 Å². The van der Waals surface area contributed by atoms with Gasteiger partial charge < -0.3 is 0 Å². The predicted molar refractivity (Wildman–Crippen MR) is 476 cm³/mol. The van der Waals surface area contributed by atoms with E-state index in [4.69, 9.17) is 63.1 Å². The first-order chi connectivity index (χ1) is 51.3. The Morgan fingerprint density at radius 2 is 0.264 bits per heavy atom. The lowest BCUT2D eigenvalue weighted by molar-refractivity contribution is 0.158. The van der Waals surface area contributed by atoms with Crippen molar-refractivity contribution < 1.29 is 23.5 Å². The first-order valence-electron chi connectivity index (χ1n) is 45.1. The zero-order valence-corrected chi connectivity index (χ0v) is 73.1. The first kappa shape index (κ1) is 95.7. The Bertz CT molecular complexity index is 2620. The molecule has 110 heavy (non-hydrogen) atoms. The van der Waals surface area contributed by atoms with Crippen molar-refractivity contribution in [2.24, 2.45) is 88.8 Å². The molecule has 5 aromatic carbocycles. The van der Waals surface area contributed by atoms with Crippen LogP contribution in [0.2, 0.25) is 0 Å². The fourth-order valence-electron chi connectivity index (χ4n) is 23.7. The van der Waals surface area contributed by atoms with Crippen LogP contribution in [0.3, 0.4) is 0 Å². The predicted octanol–water partition coefficient (Wildman–Crippen LogP) is 34.4. The Balaban J connectivity index is 0.000000212. The maximum Gasteiger partial charge on any atom is 0.0377 e. The van der Waals surface area contributed by atoms with Crippen LogP contribution >= 0.6 is 63.1 Å². The van der Waals surface area contributed by atoms with Crippen LogP contribution in [0.15, 0.2) is 146 Å². The molecule has 0 bridgehead atoms. The van der Waals surface area contributed by atoms with E-state index < -0.39 is 0 Å². The van der Waals surface area contributed by atoms with E-state index in [-0.39, 0.29) is 23.5 Å². The van der Waals surface area contributed by atoms with E-state index in [2.05, 4.69) is 156 Å². The Morgan fingerprint density at radius 3 is 0.364 bits per heavy atom. The van der Waals surface area contributed by atoms with Crippen LogP contribution in [-0.4, -0.2) is 0 Å². The van der Waals surface area contributed by atoms with Crippen molar-refractivity contribution >= 4 is 63.1 Å². The van der Waals surface area contributed by atoms with E-state index in [0.717, 1.165) is 143 Å². The highest BCUT2D eigenvalue weighted by Crippen LogP contribution is 2.50. The molecule has 0 spiro atoms.